The minimum Gasteiger partial charge on any atom is -0.350 e. The van der Waals surface area contributed by atoms with Crippen molar-refractivity contribution in [3.8, 4) is 0 Å². The highest BCUT2D eigenvalue weighted by Crippen LogP contribution is 2.24. The Balaban J connectivity index is 1.93. The first kappa shape index (κ1) is 16.9. The molecule has 1 aliphatic heterocycles. The van der Waals surface area contributed by atoms with Gasteiger partial charge in [-0.05, 0) is 30.5 Å². The Morgan fingerprint density at radius 3 is 2.35 bits per heavy atom. The Labute approximate surface area is 134 Å². The zero-order valence-corrected chi connectivity index (χ0v) is 13.2. The van der Waals surface area contributed by atoms with Gasteiger partial charge >= 0.3 is 6.03 Å². The standard InChI is InChI=1S/C16H20FN3O3/c1-3-16(4-2)14(22)20(15(23)19-16)10-13(21)18-9-11-5-7-12(17)8-6-11/h5-8H,3-4,9-10H2,1-2H3,(H,18,21)(H,19,23). The van der Waals surface area contributed by atoms with E-state index in [9.17, 15) is 18.8 Å². The maximum Gasteiger partial charge on any atom is 0.325 e. The summed E-state index contributed by atoms with van der Waals surface area (Å²) in [7, 11) is 0. The molecule has 2 N–H and O–H groups in total. The van der Waals surface area contributed by atoms with Crippen LogP contribution in [0, 0.1) is 5.82 Å². The van der Waals surface area contributed by atoms with Crippen LogP contribution in [-0.2, 0) is 16.1 Å². The Morgan fingerprint density at radius 1 is 1.22 bits per heavy atom. The number of urea groups is 1. The summed E-state index contributed by atoms with van der Waals surface area (Å²) in [5.74, 6) is -1.17. The normalized spacial score (nSPS) is 16.4. The molecule has 0 atom stereocenters. The second-order valence-corrected chi connectivity index (χ2v) is 5.51. The van der Waals surface area contributed by atoms with Crippen molar-refractivity contribution in [2.24, 2.45) is 0 Å². The average Bonchev–Trinajstić information content (AvgIpc) is 2.79. The molecule has 1 aromatic carbocycles. The molecule has 0 bridgehead atoms. The van der Waals surface area contributed by atoms with Crippen LogP contribution in [0.3, 0.4) is 0 Å². The van der Waals surface area contributed by atoms with Crippen molar-refractivity contribution in [2.75, 3.05) is 6.54 Å². The molecule has 7 heteroatoms. The summed E-state index contributed by atoms with van der Waals surface area (Å²) in [5.41, 5.74) is -0.178. The van der Waals surface area contributed by atoms with E-state index in [1.54, 1.807) is 12.1 Å². The Hall–Kier alpha value is -2.44. The van der Waals surface area contributed by atoms with Crippen LogP contribution >= 0.6 is 0 Å². The molecule has 0 aliphatic carbocycles. The molecule has 1 fully saturated rings. The lowest BCUT2D eigenvalue weighted by molar-refractivity contribution is -0.135. The van der Waals surface area contributed by atoms with Crippen molar-refractivity contribution in [3.05, 3.63) is 35.6 Å². The SMILES string of the molecule is CCC1(CC)NC(=O)N(CC(=O)NCc2ccc(F)cc2)C1=O. The van der Waals surface area contributed by atoms with Gasteiger partial charge in [-0.15, -0.1) is 0 Å². The van der Waals surface area contributed by atoms with Crippen LogP contribution in [0.15, 0.2) is 24.3 Å². The molecule has 6 nitrogen and oxygen atoms in total. The minimum atomic E-state index is -0.908. The number of imide groups is 1. The van der Waals surface area contributed by atoms with E-state index in [0.717, 1.165) is 10.5 Å². The lowest BCUT2D eigenvalue weighted by Crippen LogP contribution is -2.46. The Morgan fingerprint density at radius 2 is 1.83 bits per heavy atom. The molecule has 1 aromatic rings. The van der Waals surface area contributed by atoms with Crippen molar-refractivity contribution in [2.45, 2.75) is 38.8 Å². The number of carbonyl (C=O) groups is 3. The number of carbonyl (C=O) groups excluding carboxylic acids is 3. The van der Waals surface area contributed by atoms with E-state index in [4.69, 9.17) is 0 Å². The van der Waals surface area contributed by atoms with Crippen LogP contribution in [0.2, 0.25) is 0 Å². The maximum atomic E-state index is 12.8. The van der Waals surface area contributed by atoms with Crippen molar-refractivity contribution < 1.29 is 18.8 Å². The van der Waals surface area contributed by atoms with E-state index < -0.39 is 17.5 Å². The van der Waals surface area contributed by atoms with Crippen LogP contribution < -0.4 is 10.6 Å². The number of nitrogens with one attached hydrogen (secondary N) is 2. The predicted molar refractivity (Wildman–Crippen MR) is 81.8 cm³/mol. The molecular formula is C16H20FN3O3. The summed E-state index contributed by atoms with van der Waals surface area (Å²) in [4.78, 5) is 37.2. The minimum absolute atomic E-state index is 0.204. The molecule has 0 aromatic heterocycles. The summed E-state index contributed by atoms with van der Waals surface area (Å²) in [6, 6.07) is 5.17. The van der Waals surface area contributed by atoms with E-state index in [1.165, 1.54) is 12.1 Å². The van der Waals surface area contributed by atoms with Crippen LogP contribution in [0.5, 0.6) is 0 Å². The highest BCUT2D eigenvalue weighted by Gasteiger charge is 2.49. The lowest BCUT2D eigenvalue weighted by atomic mass is 9.93. The summed E-state index contributed by atoms with van der Waals surface area (Å²) < 4.78 is 12.8. The fraction of sp³-hybridized carbons (Fsp3) is 0.438. The number of halogens is 1. The molecule has 23 heavy (non-hydrogen) atoms. The van der Waals surface area contributed by atoms with Crippen molar-refractivity contribution in [1.82, 2.24) is 15.5 Å². The molecule has 0 spiro atoms. The topological polar surface area (TPSA) is 78.5 Å². The number of hydrogen-bond donors (Lipinski definition) is 2. The van der Waals surface area contributed by atoms with Gasteiger partial charge in [-0.1, -0.05) is 26.0 Å². The second kappa shape index (κ2) is 6.76. The summed E-state index contributed by atoms with van der Waals surface area (Å²) in [5, 5.41) is 5.28. The number of amides is 4. The van der Waals surface area contributed by atoms with Gasteiger partial charge in [0, 0.05) is 6.54 Å². The van der Waals surface area contributed by atoms with E-state index in [2.05, 4.69) is 10.6 Å². The first-order chi connectivity index (χ1) is 10.9. The molecule has 1 aliphatic rings. The van der Waals surface area contributed by atoms with Gasteiger partial charge in [0.2, 0.25) is 5.91 Å². The van der Waals surface area contributed by atoms with Crippen LogP contribution in [-0.4, -0.2) is 34.8 Å². The summed E-state index contributed by atoms with van der Waals surface area (Å²) >= 11 is 0. The highest BCUT2D eigenvalue weighted by atomic mass is 19.1. The molecule has 4 amide bonds. The Bertz CT molecular complexity index is 612. The van der Waals surface area contributed by atoms with E-state index in [0.29, 0.717) is 12.8 Å². The molecule has 124 valence electrons. The van der Waals surface area contributed by atoms with Gasteiger partial charge < -0.3 is 10.6 Å². The number of nitrogens with zero attached hydrogens (tertiary/aromatic N) is 1. The Kier molecular flexibility index (Phi) is 4.98. The number of hydrogen-bond acceptors (Lipinski definition) is 3. The van der Waals surface area contributed by atoms with Crippen LogP contribution in [0.25, 0.3) is 0 Å². The largest absolute Gasteiger partial charge is 0.350 e. The maximum absolute atomic E-state index is 12.8. The van der Waals surface area contributed by atoms with Gasteiger partial charge in [0.15, 0.2) is 0 Å². The first-order valence-corrected chi connectivity index (χ1v) is 7.57. The second-order valence-electron chi connectivity index (χ2n) is 5.51. The third-order valence-corrected chi connectivity index (χ3v) is 4.16. The van der Waals surface area contributed by atoms with Gasteiger partial charge in [0.1, 0.15) is 17.9 Å². The fourth-order valence-electron chi connectivity index (χ4n) is 2.55. The highest BCUT2D eigenvalue weighted by molar-refractivity contribution is 6.08. The van der Waals surface area contributed by atoms with Gasteiger partial charge in [-0.25, -0.2) is 9.18 Å². The van der Waals surface area contributed by atoms with Gasteiger partial charge in [0.25, 0.3) is 5.91 Å². The lowest BCUT2D eigenvalue weighted by Gasteiger charge is -2.23. The zero-order valence-electron chi connectivity index (χ0n) is 13.2. The van der Waals surface area contributed by atoms with E-state index in [1.807, 2.05) is 13.8 Å². The molecule has 0 saturated carbocycles. The first-order valence-electron chi connectivity index (χ1n) is 7.57. The molecule has 0 unspecified atom stereocenters. The third-order valence-electron chi connectivity index (χ3n) is 4.16. The van der Waals surface area contributed by atoms with Gasteiger partial charge in [-0.2, -0.15) is 0 Å². The van der Waals surface area contributed by atoms with Crippen molar-refractivity contribution >= 4 is 17.8 Å². The number of rotatable bonds is 6. The van der Waals surface area contributed by atoms with Crippen LogP contribution in [0.4, 0.5) is 9.18 Å². The van der Waals surface area contributed by atoms with Crippen molar-refractivity contribution in [3.63, 3.8) is 0 Å². The molecule has 0 radical (unpaired) electrons. The molecule has 1 saturated heterocycles. The third kappa shape index (κ3) is 3.49. The number of benzene rings is 1. The fourth-order valence-corrected chi connectivity index (χ4v) is 2.55. The van der Waals surface area contributed by atoms with E-state index in [-0.39, 0.29) is 24.8 Å². The van der Waals surface area contributed by atoms with E-state index >= 15 is 0 Å². The average molecular weight is 321 g/mol. The predicted octanol–water partition coefficient (Wildman–Crippen LogP) is 1.55. The molecular weight excluding hydrogens is 301 g/mol. The summed E-state index contributed by atoms with van der Waals surface area (Å²) in [6.45, 7) is 3.52. The molecule has 2 rings (SSSR count). The zero-order chi connectivity index (χ0) is 17.0. The quantitative estimate of drug-likeness (QED) is 0.780. The monoisotopic (exact) mass is 321 g/mol. The smallest absolute Gasteiger partial charge is 0.325 e. The van der Waals surface area contributed by atoms with Gasteiger partial charge in [0.05, 0.1) is 0 Å². The molecule has 1 heterocycles. The summed E-state index contributed by atoms with van der Waals surface area (Å²) in [6.07, 6.45) is 0.948. The van der Waals surface area contributed by atoms with Crippen LogP contribution in [0.1, 0.15) is 32.3 Å². The van der Waals surface area contributed by atoms with Gasteiger partial charge in [-0.3, -0.25) is 14.5 Å². The van der Waals surface area contributed by atoms with Crippen molar-refractivity contribution in [1.29, 1.82) is 0 Å².